The lowest BCUT2D eigenvalue weighted by atomic mass is 9.66. The molecule has 0 aliphatic heterocycles. The van der Waals surface area contributed by atoms with E-state index in [1.165, 1.54) is 71.8 Å². The first kappa shape index (κ1) is 29.1. The van der Waals surface area contributed by atoms with Crippen LogP contribution in [-0.4, -0.2) is 0 Å². The topological polar surface area (TPSA) is 13.1 Å². The van der Waals surface area contributed by atoms with Gasteiger partial charge in [-0.1, -0.05) is 170 Å². The van der Waals surface area contributed by atoms with E-state index >= 15 is 0 Å². The van der Waals surface area contributed by atoms with Gasteiger partial charge in [0.05, 0.1) is 5.41 Å². The summed E-state index contributed by atoms with van der Waals surface area (Å²) in [6, 6.07) is 71.1. The fourth-order valence-corrected chi connectivity index (χ4v) is 9.17. The summed E-state index contributed by atoms with van der Waals surface area (Å²) in [7, 11) is 0. The molecule has 1 aliphatic carbocycles. The third-order valence-corrected chi connectivity index (χ3v) is 11.3. The van der Waals surface area contributed by atoms with E-state index in [9.17, 15) is 0 Å². The van der Waals surface area contributed by atoms with E-state index in [-0.39, 0.29) is 0 Å². The molecule has 0 amide bonds. The van der Waals surface area contributed by atoms with Gasteiger partial charge in [0.2, 0.25) is 0 Å². The van der Waals surface area contributed by atoms with E-state index in [0.29, 0.717) is 0 Å². The number of hydrogen-bond acceptors (Lipinski definition) is 1. The standard InChI is InChI=1S/C51H32O/c1-4-15-33(16-5-1)44-31-35-18-11-12-23-40(35)49-48(44)42-29-28-36(32-45(42)51(49,37-19-6-2-7-20-37)38-21-8-3-9-22-38)39-25-14-26-46-47(39)43-30-27-34-17-10-13-24-41(34)50(43)52-46/h1-32H. The van der Waals surface area contributed by atoms with Crippen LogP contribution < -0.4 is 0 Å². The van der Waals surface area contributed by atoms with Gasteiger partial charge in [-0.15, -0.1) is 0 Å². The largest absolute Gasteiger partial charge is 0.455 e. The van der Waals surface area contributed by atoms with Crippen molar-refractivity contribution < 1.29 is 4.42 Å². The average Bonchev–Trinajstić information content (AvgIpc) is 3.76. The van der Waals surface area contributed by atoms with Crippen molar-refractivity contribution in [3.05, 3.63) is 216 Å². The van der Waals surface area contributed by atoms with Crippen LogP contribution in [0.1, 0.15) is 22.3 Å². The van der Waals surface area contributed by atoms with Crippen molar-refractivity contribution in [2.24, 2.45) is 0 Å². The summed E-state index contributed by atoms with van der Waals surface area (Å²) < 4.78 is 6.66. The lowest BCUT2D eigenvalue weighted by Crippen LogP contribution is -2.29. The molecule has 1 heteroatoms. The van der Waals surface area contributed by atoms with Gasteiger partial charge in [0, 0.05) is 16.2 Å². The van der Waals surface area contributed by atoms with Gasteiger partial charge in [0.1, 0.15) is 11.2 Å². The van der Waals surface area contributed by atoms with Crippen molar-refractivity contribution in [2.45, 2.75) is 5.41 Å². The predicted molar refractivity (Wildman–Crippen MR) is 217 cm³/mol. The fourth-order valence-electron chi connectivity index (χ4n) is 9.17. The van der Waals surface area contributed by atoms with Gasteiger partial charge in [-0.2, -0.15) is 0 Å². The van der Waals surface area contributed by atoms with Crippen LogP contribution in [-0.2, 0) is 5.41 Å². The smallest absolute Gasteiger partial charge is 0.143 e. The minimum atomic E-state index is -0.573. The molecule has 0 unspecified atom stereocenters. The van der Waals surface area contributed by atoms with E-state index in [0.717, 1.165) is 27.3 Å². The summed E-state index contributed by atoms with van der Waals surface area (Å²) in [6.07, 6.45) is 0. The van der Waals surface area contributed by atoms with Gasteiger partial charge < -0.3 is 4.42 Å². The van der Waals surface area contributed by atoms with Crippen molar-refractivity contribution in [2.75, 3.05) is 0 Å². The lowest BCUT2D eigenvalue weighted by molar-refractivity contribution is 0.673. The van der Waals surface area contributed by atoms with Crippen LogP contribution in [0.15, 0.2) is 199 Å². The molecule has 1 aliphatic rings. The SMILES string of the molecule is c1ccc(-c2cc3ccccc3c3c2-c2ccc(-c4cccc5oc6c7ccccc7ccc6c45)cc2C3(c2ccccc2)c2ccccc2)cc1. The molecule has 0 radical (unpaired) electrons. The summed E-state index contributed by atoms with van der Waals surface area (Å²) in [6.45, 7) is 0. The molecule has 0 atom stereocenters. The molecular weight excluding hydrogens is 629 g/mol. The summed E-state index contributed by atoms with van der Waals surface area (Å²) in [4.78, 5) is 0. The fraction of sp³-hybridized carbons (Fsp3) is 0.0196. The van der Waals surface area contributed by atoms with Crippen LogP contribution in [0.25, 0.3) is 76.9 Å². The molecular formula is C51H32O. The molecule has 0 N–H and O–H groups in total. The van der Waals surface area contributed by atoms with Gasteiger partial charge in [-0.25, -0.2) is 0 Å². The lowest BCUT2D eigenvalue weighted by Gasteiger charge is -2.35. The van der Waals surface area contributed by atoms with Crippen LogP contribution in [0.4, 0.5) is 0 Å². The maximum atomic E-state index is 6.66. The Morgan fingerprint density at radius 2 is 1.04 bits per heavy atom. The summed E-state index contributed by atoms with van der Waals surface area (Å²) in [5.74, 6) is 0. The van der Waals surface area contributed by atoms with E-state index in [1.54, 1.807) is 0 Å². The van der Waals surface area contributed by atoms with Crippen molar-refractivity contribution in [3.63, 3.8) is 0 Å². The molecule has 1 aromatic heterocycles. The molecule has 1 nitrogen and oxygen atoms in total. The Labute approximate surface area is 302 Å². The first-order valence-corrected chi connectivity index (χ1v) is 18.0. The number of furan rings is 1. The second kappa shape index (κ2) is 11.2. The molecule has 0 bridgehead atoms. The minimum absolute atomic E-state index is 0.573. The highest BCUT2D eigenvalue weighted by Gasteiger charge is 2.48. The quantitative estimate of drug-likeness (QED) is 0.183. The van der Waals surface area contributed by atoms with Crippen LogP contribution in [0.5, 0.6) is 0 Å². The Hall–Kier alpha value is -6.70. The minimum Gasteiger partial charge on any atom is -0.455 e. The molecule has 1 heterocycles. The van der Waals surface area contributed by atoms with E-state index in [2.05, 4.69) is 194 Å². The van der Waals surface area contributed by atoms with Gasteiger partial charge in [0.15, 0.2) is 0 Å². The van der Waals surface area contributed by atoms with Crippen LogP contribution in [0.2, 0.25) is 0 Å². The van der Waals surface area contributed by atoms with Gasteiger partial charge in [-0.05, 0) is 96.1 Å². The number of hydrogen-bond donors (Lipinski definition) is 0. The molecule has 242 valence electrons. The Morgan fingerprint density at radius 3 is 1.79 bits per heavy atom. The summed E-state index contributed by atoms with van der Waals surface area (Å²) in [5.41, 5.74) is 13.8. The second-order valence-corrected chi connectivity index (χ2v) is 13.9. The monoisotopic (exact) mass is 660 g/mol. The van der Waals surface area contributed by atoms with E-state index < -0.39 is 5.41 Å². The van der Waals surface area contributed by atoms with Crippen molar-refractivity contribution in [3.8, 4) is 33.4 Å². The molecule has 0 fully saturated rings. The third-order valence-electron chi connectivity index (χ3n) is 11.3. The summed E-state index contributed by atoms with van der Waals surface area (Å²) >= 11 is 0. The Morgan fingerprint density at radius 1 is 0.385 bits per heavy atom. The third kappa shape index (κ3) is 3.99. The summed E-state index contributed by atoms with van der Waals surface area (Å²) in [5, 5.41) is 7.13. The van der Waals surface area contributed by atoms with Crippen molar-refractivity contribution in [1.82, 2.24) is 0 Å². The molecule has 11 rings (SSSR count). The first-order valence-electron chi connectivity index (χ1n) is 18.0. The van der Waals surface area contributed by atoms with Crippen LogP contribution >= 0.6 is 0 Å². The molecule has 10 aromatic rings. The van der Waals surface area contributed by atoms with E-state index in [1.807, 2.05) is 0 Å². The highest BCUT2D eigenvalue weighted by Crippen LogP contribution is 2.61. The maximum absolute atomic E-state index is 6.66. The Kier molecular flexibility index (Phi) is 6.23. The molecule has 0 spiro atoms. The van der Waals surface area contributed by atoms with Crippen molar-refractivity contribution in [1.29, 1.82) is 0 Å². The van der Waals surface area contributed by atoms with Gasteiger partial charge in [0.25, 0.3) is 0 Å². The predicted octanol–water partition coefficient (Wildman–Crippen LogP) is 13.6. The number of fused-ring (bicyclic) bond motifs is 10. The maximum Gasteiger partial charge on any atom is 0.143 e. The Balaban J connectivity index is 1.29. The molecule has 0 saturated heterocycles. The highest BCUT2D eigenvalue weighted by atomic mass is 16.3. The number of benzene rings is 9. The van der Waals surface area contributed by atoms with Crippen molar-refractivity contribution >= 4 is 43.5 Å². The first-order chi connectivity index (χ1) is 25.8. The normalized spacial score (nSPS) is 13.2. The number of rotatable bonds is 4. The molecule has 52 heavy (non-hydrogen) atoms. The zero-order valence-corrected chi connectivity index (χ0v) is 28.4. The van der Waals surface area contributed by atoms with Gasteiger partial charge >= 0.3 is 0 Å². The molecule has 9 aromatic carbocycles. The average molecular weight is 661 g/mol. The zero-order valence-electron chi connectivity index (χ0n) is 28.4. The van der Waals surface area contributed by atoms with Crippen LogP contribution in [0.3, 0.4) is 0 Å². The van der Waals surface area contributed by atoms with Crippen LogP contribution in [0, 0.1) is 0 Å². The van der Waals surface area contributed by atoms with Gasteiger partial charge in [-0.3, -0.25) is 0 Å². The Bertz CT molecular complexity index is 2950. The zero-order chi connectivity index (χ0) is 34.2. The van der Waals surface area contributed by atoms with E-state index in [4.69, 9.17) is 4.42 Å². The molecule has 0 saturated carbocycles. The highest BCUT2D eigenvalue weighted by molar-refractivity contribution is 6.19. The second-order valence-electron chi connectivity index (χ2n) is 13.9.